The molecular formula is C15H25N3O3. The van der Waals surface area contributed by atoms with Crippen molar-refractivity contribution in [3.8, 4) is 0 Å². The van der Waals surface area contributed by atoms with E-state index in [1.54, 1.807) is 11.5 Å². The topological polar surface area (TPSA) is 75.4 Å². The third-order valence-corrected chi connectivity index (χ3v) is 4.12. The zero-order valence-electron chi connectivity index (χ0n) is 13.7. The summed E-state index contributed by atoms with van der Waals surface area (Å²) in [6.07, 6.45) is 0.432. The van der Waals surface area contributed by atoms with Gasteiger partial charge in [-0.25, -0.2) is 4.79 Å². The molecule has 118 valence electrons. The zero-order valence-corrected chi connectivity index (χ0v) is 13.7. The number of carbonyl (C=O) groups is 1. The second-order valence-electron chi connectivity index (χ2n) is 6.23. The highest BCUT2D eigenvalue weighted by atomic mass is 16.4. The van der Waals surface area contributed by atoms with Gasteiger partial charge in [-0.1, -0.05) is 0 Å². The minimum absolute atomic E-state index is 0.0403. The number of aliphatic carboxylic acids is 1. The maximum atomic E-state index is 12.2. The Kier molecular flexibility index (Phi) is 5.28. The van der Waals surface area contributed by atoms with Crippen LogP contribution in [-0.2, 0) is 17.8 Å². The van der Waals surface area contributed by atoms with Crippen LogP contribution in [0.3, 0.4) is 0 Å². The largest absolute Gasteiger partial charge is 0.481 e. The lowest BCUT2D eigenvalue weighted by Crippen LogP contribution is -2.45. The molecule has 0 spiro atoms. The Bertz CT molecular complexity index is 589. The molecule has 1 rings (SSSR count). The van der Waals surface area contributed by atoms with Gasteiger partial charge < -0.3 is 10.0 Å². The van der Waals surface area contributed by atoms with Crippen molar-refractivity contribution >= 4 is 5.97 Å². The molecule has 1 heterocycles. The fraction of sp³-hybridized carbons (Fsp3) is 0.667. The minimum Gasteiger partial charge on any atom is -0.481 e. The number of aromatic nitrogens is 2. The Morgan fingerprint density at radius 3 is 2.38 bits per heavy atom. The van der Waals surface area contributed by atoms with Gasteiger partial charge in [0.2, 0.25) is 0 Å². The van der Waals surface area contributed by atoms with Crippen LogP contribution in [0.5, 0.6) is 0 Å². The number of carboxylic acids is 1. The summed E-state index contributed by atoms with van der Waals surface area (Å²) in [5.74, 6) is -0.847. The lowest BCUT2D eigenvalue weighted by atomic mass is 10.0. The Morgan fingerprint density at radius 1 is 1.33 bits per heavy atom. The predicted molar refractivity (Wildman–Crippen MR) is 81.7 cm³/mol. The van der Waals surface area contributed by atoms with Crippen LogP contribution in [0.1, 0.15) is 37.2 Å². The molecule has 0 unspecified atom stereocenters. The summed E-state index contributed by atoms with van der Waals surface area (Å²) in [4.78, 5) is 29.0. The van der Waals surface area contributed by atoms with Crippen LogP contribution in [0, 0.1) is 13.8 Å². The molecule has 21 heavy (non-hydrogen) atoms. The Morgan fingerprint density at radius 2 is 1.90 bits per heavy atom. The van der Waals surface area contributed by atoms with E-state index < -0.39 is 5.97 Å². The monoisotopic (exact) mass is 295 g/mol. The van der Waals surface area contributed by atoms with Crippen molar-refractivity contribution in [2.75, 3.05) is 14.1 Å². The maximum Gasteiger partial charge on any atom is 0.348 e. The average Bonchev–Trinajstić information content (AvgIpc) is 2.33. The Labute approximate surface area is 125 Å². The normalized spacial score (nSPS) is 12.0. The first-order valence-electron chi connectivity index (χ1n) is 7.02. The summed E-state index contributed by atoms with van der Waals surface area (Å²) in [6.45, 7) is 8.23. The van der Waals surface area contributed by atoms with Crippen LogP contribution in [-0.4, -0.2) is 45.2 Å². The molecule has 0 bridgehead atoms. The third kappa shape index (κ3) is 4.14. The fourth-order valence-corrected chi connectivity index (χ4v) is 2.15. The van der Waals surface area contributed by atoms with Crippen molar-refractivity contribution in [1.29, 1.82) is 0 Å². The molecule has 0 saturated carbocycles. The summed E-state index contributed by atoms with van der Waals surface area (Å²) in [7, 11) is 3.93. The number of nitrogens with zero attached hydrogens (tertiary/aromatic N) is 3. The summed E-state index contributed by atoms with van der Waals surface area (Å²) in [5.41, 5.74) is 1.81. The first-order chi connectivity index (χ1) is 9.56. The summed E-state index contributed by atoms with van der Waals surface area (Å²) in [6, 6.07) is 0. The lowest BCUT2D eigenvalue weighted by molar-refractivity contribution is -0.136. The number of aryl methyl sites for hydroxylation is 1. The number of hydrogen-bond acceptors (Lipinski definition) is 4. The highest BCUT2D eigenvalue weighted by molar-refractivity contribution is 5.67. The third-order valence-electron chi connectivity index (χ3n) is 4.12. The van der Waals surface area contributed by atoms with Crippen molar-refractivity contribution < 1.29 is 9.90 Å². The van der Waals surface area contributed by atoms with Gasteiger partial charge in [0.25, 0.3) is 0 Å². The van der Waals surface area contributed by atoms with E-state index in [1.165, 1.54) is 0 Å². The van der Waals surface area contributed by atoms with Gasteiger partial charge in [-0.15, -0.1) is 0 Å². The molecule has 1 aromatic heterocycles. The van der Waals surface area contributed by atoms with Gasteiger partial charge in [0.15, 0.2) is 0 Å². The minimum atomic E-state index is -0.847. The second-order valence-corrected chi connectivity index (χ2v) is 6.23. The van der Waals surface area contributed by atoms with Crippen LogP contribution in [0.2, 0.25) is 0 Å². The molecule has 0 radical (unpaired) electrons. The van der Waals surface area contributed by atoms with Gasteiger partial charge in [0.1, 0.15) is 0 Å². The van der Waals surface area contributed by atoms with E-state index in [0.29, 0.717) is 18.7 Å². The van der Waals surface area contributed by atoms with Crippen molar-refractivity contribution in [3.63, 3.8) is 0 Å². The Hall–Kier alpha value is -1.69. The highest BCUT2D eigenvalue weighted by Crippen LogP contribution is 2.17. The standard InChI is InChI=1S/C15H25N3O3/c1-10-12(7-8-13(19)20)11(2)18(14(21)16-10)9-15(3,4)17(5)6/h7-9H2,1-6H3,(H,19,20). The van der Waals surface area contributed by atoms with Crippen molar-refractivity contribution in [3.05, 3.63) is 27.4 Å². The van der Waals surface area contributed by atoms with E-state index in [2.05, 4.69) is 23.7 Å². The molecule has 6 heteroatoms. The smallest absolute Gasteiger partial charge is 0.348 e. The molecule has 1 aromatic rings. The first-order valence-corrected chi connectivity index (χ1v) is 7.02. The molecule has 1 N–H and O–H groups in total. The van der Waals surface area contributed by atoms with Crippen molar-refractivity contribution in [2.24, 2.45) is 0 Å². The molecule has 0 saturated heterocycles. The first kappa shape index (κ1) is 17.4. The van der Waals surface area contributed by atoms with Crippen LogP contribution < -0.4 is 5.69 Å². The van der Waals surface area contributed by atoms with Crippen LogP contribution in [0.4, 0.5) is 0 Å². The molecule has 0 aromatic carbocycles. The number of rotatable bonds is 6. The van der Waals surface area contributed by atoms with Crippen LogP contribution in [0.25, 0.3) is 0 Å². The summed E-state index contributed by atoms with van der Waals surface area (Å²) in [5, 5.41) is 8.84. The lowest BCUT2D eigenvalue weighted by Gasteiger charge is -2.33. The number of hydrogen-bond donors (Lipinski definition) is 1. The quantitative estimate of drug-likeness (QED) is 0.854. The van der Waals surface area contributed by atoms with E-state index in [-0.39, 0.29) is 17.6 Å². The highest BCUT2D eigenvalue weighted by Gasteiger charge is 2.24. The van der Waals surface area contributed by atoms with Gasteiger partial charge >= 0.3 is 11.7 Å². The van der Waals surface area contributed by atoms with Gasteiger partial charge in [-0.05, 0) is 53.8 Å². The molecule has 0 amide bonds. The molecule has 0 aliphatic heterocycles. The van der Waals surface area contributed by atoms with E-state index in [0.717, 1.165) is 11.3 Å². The van der Waals surface area contributed by atoms with Crippen molar-refractivity contribution in [2.45, 2.75) is 52.6 Å². The van der Waals surface area contributed by atoms with Gasteiger partial charge in [0.05, 0.1) is 0 Å². The SMILES string of the molecule is Cc1nc(=O)n(CC(C)(C)N(C)C)c(C)c1CCC(=O)O. The Balaban J connectivity index is 3.24. The van der Waals surface area contributed by atoms with Gasteiger partial charge in [-0.3, -0.25) is 9.36 Å². The molecular weight excluding hydrogens is 270 g/mol. The van der Waals surface area contributed by atoms with E-state index >= 15 is 0 Å². The van der Waals surface area contributed by atoms with E-state index in [9.17, 15) is 9.59 Å². The van der Waals surface area contributed by atoms with E-state index in [1.807, 2.05) is 21.0 Å². The second kappa shape index (κ2) is 6.39. The fourth-order valence-electron chi connectivity index (χ4n) is 2.15. The molecule has 6 nitrogen and oxygen atoms in total. The van der Waals surface area contributed by atoms with Gasteiger partial charge in [0, 0.05) is 29.9 Å². The van der Waals surface area contributed by atoms with Crippen LogP contribution in [0.15, 0.2) is 4.79 Å². The number of carboxylic acid groups (broad SMARTS) is 1. The van der Waals surface area contributed by atoms with Gasteiger partial charge in [-0.2, -0.15) is 4.98 Å². The average molecular weight is 295 g/mol. The molecule has 0 aliphatic rings. The predicted octanol–water partition coefficient (Wildman–Crippen LogP) is 1.22. The zero-order chi connectivity index (χ0) is 16.4. The summed E-state index contributed by atoms with van der Waals surface area (Å²) < 4.78 is 1.64. The maximum absolute atomic E-state index is 12.2. The summed E-state index contributed by atoms with van der Waals surface area (Å²) >= 11 is 0. The molecule has 0 aliphatic carbocycles. The van der Waals surface area contributed by atoms with E-state index in [4.69, 9.17) is 5.11 Å². The molecule has 0 atom stereocenters. The van der Waals surface area contributed by atoms with Crippen molar-refractivity contribution in [1.82, 2.24) is 14.5 Å². The van der Waals surface area contributed by atoms with Crippen LogP contribution >= 0.6 is 0 Å². The number of likely N-dealkylation sites (N-methyl/N-ethyl adjacent to an activating group) is 1. The molecule has 0 fully saturated rings.